The van der Waals surface area contributed by atoms with E-state index in [1.165, 1.54) is 0 Å². The first-order chi connectivity index (χ1) is 9.10. The molecule has 0 saturated carbocycles. The molecule has 0 aromatic rings. The van der Waals surface area contributed by atoms with Gasteiger partial charge in [0.05, 0.1) is 25.4 Å². The zero-order valence-corrected chi connectivity index (χ0v) is 12.3. The van der Waals surface area contributed by atoms with Crippen molar-refractivity contribution in [1.82, 2.24) is 5.32 Å². The predicted octanol–water partition coefficient (Wildman–Crippen LogP) is 0.400. The SMILES string of the molecule is CCCCC(NC(CCCC)C(O)CO)C(O)CO. The van der Waals surface area contributed by atoms with E-state index < -0.39 is 12.2 Å². The van der Waals surface area contributed by atoms with Crippen LogP contribution < -0.4 is 5.32 Å². The van der Waals surface area contributed by atoms with Gasteiger partial charge in [-0.25, -0.2) is 0 Å². The summed E-state index contributed by atoms with van der Waals surface area (Å²) < 4.78 is 0. The lowest BCUT2D eigenvalue weighted by Gasteiger charge is -2.31. The van der Waals surface area contributed by atoms with Gasteiger partial charge in [0.2, 0.25) is 0 Å². The van der Waals surface area contributed by atoms with Crippen molar-refractivity contribution in [3.05, 3.63) is 0 Å². The highest BCUT2D eigenvalue weighted by atomic mass is 16.3. The molecule has 0 amide bonds. The molecule has 0 bridgehead atoms. The van der Waals surface area contributed by atoms with Crippen LogP contribution in [0.25, 0.3) is 0 Å². The van der Waals surface area contributed by atoms with Crippen molar-refractivity contribution in [3.63, 3.8) is 0 Å². The summed E-state index contributed by atoms with van der Waals surface area (Å²) in [6, 6.07) is -0.485. The Morgan fingerprint density at radius 3 is 1.42 bits per heavy atom. The summed E-state index contributed by atoms with van der Waals surface area (Å²) in [4.78, 5) is 0. The van der Waals surface area contributed by atoms with Crippen LogP contribution in [-0.2, 0) is 0 Å². The lowest BCUT2D eigenvalue weighted by Crippen LogP contribution is -2.52. The van der Waals surface area contributed by atoms with Crippen LogP contribution in [0.5, 0.6) is 0 Å². The van der Waals surface area contributed by atoms with Crippen molar-refractivity contribution in [2.45, 2.75) is 76.7 Å². The monoisotopic (exact) mass is 277 g/mol. The van der Waals surface area contributed by atoms with Gasteiger partial charge in [0.15, 0.2) is 0 Å². The zero-order valence-electron chi connectivity index (χ0n) is 12.3. The third-order valence-electron chi connectivity index (χ3n) is 3.47. The lowest BCUT2D eigenvalue weighted by atomic mass is 9.99. The molecule has 19 heavy (non-hydrogen) atoms. The van der Waals surface area contributed by atoms with E-state index in [1.807, 2.05) is 0 Å². The maximum atomic E-state index is 9.82. The van der Waals surface area contributed by atoms with Crippen molar-refractivity contribution in [2.24, 2.45) is 0 Å². The second-order valence-electron chi connectivity index (χ2n) is 5.16. The molecular formula is C14H31NO4. The van der Waals surface area contributed by atoms with Crippen LogP contribution in [-0.4, -0.2) is 57.9 Å². The predicted molar refractivity (Wildman–Crippen MR) is 75.9 cm³/mol. The molecule has 0 spiro atoms. The Labute approximate surface area is 116 Å². The Hall–Kier alpha value is -0.200. The highest BCUT2D eigenvalue weighted by Crippen LogP contribution is 2.11. The molecule has 0 aromatic carbocycles. The zero-order chi connectivity index (χ0) is 14.7. The van der Waals surface area contributed by atoms with E-state index in [0.29, 0.717) is 0 Å². The fourth-order valence-corrected chi connectivity index (χ4v) is 2.15. The van der Waals surface area contributed by atoms with Gasteiger partial charge in [-0.1, -0.05) is 39.5 Å². The molecule has 5 heteroatoms. The lowest BCUT2D eigenvalue weighted by molar-refractivity contribution is 0.0235. The molecule has 116 valence electrons. The molecule has 0 rings (SSSR count). The molecule has 0 aliphatic rings. The summed E-state index contributed by atoms with van der Waals surface area (Å²) in [5.74, 6) is 0. The second-order valence-corrected chi connectivity index (χ2v) is 5.16. The highest BCUT2D eigenvalue weighted by Gasteiger charge is 2.25. The van der Waals surface area contributed by atoms with E-state index in [1.54, 1.807) is 0 Å². The smallest absolute Gasteiger partial charge is 0.0923 e. The van der Waals surface area contributed by atoms with Crippen LogP contribution in [0.15, 0.2) is 0 Å². The van der Waals surface area contributed by atoms with Gasteiger partial charge in [0.25, 0.3) is 0 Å². The Morgan fingerprint density at radius 1 is 0.789 bits per heavy atom. The van der Waals surface area contributed by atoms with Gasteiger partial charge in [-0.2, -0.15) is 0 Å². The van der Waals surface area contributed by atoms with Gasteiger partial charge >= 0.3 is 0 Å². The number of aliphatic hydroxyl groups excluding tert-OH is 4. The summed E-state index contributed by atoms with van der Waals surface area (Å²) >= 11 is 0. The Morgan fingerprint density at radius 2 is 1.16 bits per heavy atom. The maximum Gasteiger partial charge on any atom is 0.0923 e. The largest absolute Gasteiger partial charge is 0.394 e. The molecule has 0 saturated heterocycles. The number of rotatable bonds is 12. The van der Waals surface area contributed by atoms with Gasteiger partial charge < -0.3 is 25.7 Å². The first kappa shape index (κ1) is 18.8. The number of unbranched alkanes of at least 4 members (excludes halogenated alkanes) is 2. The standard InChI is InChI=1S/C14H31NO4/c1-3-5-7-11(13(18)9-16)15-12(8-6-4-2)14(19)10-17/h11-19H,3-10H2,1-2H3. The molecule has 0 aliphatic heterocycles. The molecule has 0 aromatic heterocycles. The summed E-state index contributed by atoms with van der Waals surface area (Å²) in [6.07, 6.45) is 3.76. The first-order valence-electron chi connectivity index (χ1n) is 7.44. The van der Waals surface area contributed by atoms with Crippen molar-refractivity contribution < 1.29 is 20.4 Å². The molecule has 4 atom stereocenters. The van der Waals surface area contributed by atoms with Crippen molar-refractivity contribution >= 4 is 0 Å². The molecule has 5 nitrogen and oxygen atoms in total. The third-order valence-corrected chi connectivity index (χ3v) is 3.47. The van der Waals surface area contributed by atoms with Gasteiger partial charge in [0.1, 0.15) is 0 Å². The Balaban J connectivity index is 4.51. The number of nitrogens with one attached hydrogen (secondary N) is 1. The number of aliphatic hydroxyl groups is 4. The fraction of sp³-hybridized carbons (Fsp3) is 1.00. The summed E-state index contributed by atoms with van der Waals surface area (Å²) in [6.45, 7) is 3.55. The molecule has 5 N–H and O–H groups in total. The first-order valence-corrected chi connectivity index (χ1v) is 7.44. The molecular weight excluding hydrogens is 246 g/mol. The van der Waals surface area contributed by atoms with Crippen molar-refractivity contribution in [2.75, 3.05) is 13.2 Å². The van der Waals surface area contributed by atoms with Crippen LogP contribution in [0.2, 0.25) is 0 Å². The van der Waals surface area contributed by atoms with Crippen LogP contribution in [0.3, 0.4) is 0 Å². The summed E-state index contributed by atoms with van der Waals surface area (Å²) in [5.41, 5.74) is 0. The third kappa shape index (κ3) is 7.84. The normalized spacial score (nSPS) is 18.0. The molecule has 0 aliphatic carbocycles. The Kier molecular flexibility index (Phi) is 11.5. The van der Waals surface area contributed by atoms with Gasteiger partial charge in [0, 0.05) is 12.1 Å². The van der Waals surface area contributed by atoms with Crippen molar-refractivity contribution in [1.29, 1.82) is 0 Å². The van der Waals surface area contributed by atoms with E-state index in [9.17, 15) is 10.2 Å². The molecule has 4 unspecified atom stereocenters. The minimum absolute atomic E-state index is 0.243. The van der Waals surface area contributed by atoms with Gasteiger partial charge in [-0.15, -0.1) is 0 Å². The van der Waals surface area contributed by atoms with Crippen LogP contribution in [0.1, 0.15) is 52.4 Å². The average molecular weight is 277 g/mol. The Bertz CT molecular complexity index is 184. The average Bonchev–Trinajstić information content (AvgIpc) is 2.44. The summed E-state index contributed by atoms with van der Waals surface area (Å²) in [7, 11) is 0. The minimum Gasteiger partial charge on any atom is -0.394 e. The molecule has 0 heterocycles. The minimum atomic E-state index is -0.832. The highest BCUT2D eigenvalue weighted by molar-refractivity contribution is 4.83. The maximum absolute atomic E-state index is 9.82. The quantitative estimate of drug-likeness (QED) is 0.356. The van der Waals surface area contributed by atoms with E-state index in [4.69, 9.17) is 10.2 Å². The van der Waals surface area contributed by atoms with Crippen LogP contribution in [0.4, 0.5) is 0 Å². The van der Waals surface area contributed by atoms with Crippen molar-refractivity contribution in [3.8, 4) is 0 Å². The topological polar surface area (TPSA) is 93.0 Å². The van der Waals surface area contributed by atoms with E-state index in [-0.39, 0.29) is 25.3 Å². The molecule has 0 radical (unpaired) electrons. The van der Waals surface area contributed by atoms with Crippen LogP contribution >= 0.6 is 0 Å². The van der Waals surface area contributed by atoms with Gasteiger partial charge in [-0.3, -0.25) is 0 Å². The van der Waals surface area contributed by atoms with E-state index in [0.717, 1.165) is 38.5 Å². The fourth-order valence-electron chi connectivity index (χ4n) is 2.15. The van der Waals surface area contributed by atoms with E-state index in [2.05, 4.69) is 19.2 Å². The van der Waals surface area contributed by atoms with Gasteiger partial charge in [-0.05, 0) is 12.8 Å². The number of hydrogen-bond acceptors (Lipinski definition) is 5. The molecule has 0 fully saturated rings. The number of hydrogen-bond donors (Lipinski definition) is 5. The summed E-state index contributed by atoms with van der Waals surface area (Å²) in [5, 5.41) is 41.0. The second kappa shape index (κ2) is 11.6. The van der Waals surface area contributed by atoms with E-state index >= 15 is 0 Å². The van der Waals surface area contributed by atoms with Crippen LogP contribution in [0, 0.1) is 0 Å².